The number of benzene rings is 2. The van der Waals surface area contributed by atoms with Crippen LogP contribution in [0, 0.1) is 5.92 Å². The van der Waals surface area contributed by atoms with E-state index in [2.05, 4.69) is 4.90 Å². The van der Waals surface area contributed by atoms with Crippen LogP contribution in [0.15, 0.2) is 48.5 Å². The number of amides is 3. The van der Waals surface area contributed by atoms with Crippen LogP contribution < -0.4 is 4.74 Å². The van der Waals surface area contributed by atoms with Crippen LogP contribution in [0.5, 0.6) is 5.75 Å². The molecule has 0 bridgehead atoms. The molecule has 0 aromatic heterocycles. The van der Waals surface area contributed by atoms with E-state index >= 15 is 0 Å². The molecular weight excluding hydrogens is 470 g/mol. The van der Waals surface area contributed by atoms with Gasteiger partial charge < -0.3 is 14.7 Å². The van der Waals surface area contributed by atoms with Crippen molar-refractivity contribution in [1.82, 2.24) is 14.7 Å². The predicted octanol–water partition coefficient (Wildman–Crippen LogP) is 3.82. The van der Waals surface area contributed by atoms with Gasteiger partial charge in [-0.25, -0.2) is 4.79 Å². The Bertz CT molecular complexity index is 1120. The number of hydrogen-bond donors (Lipinski definition) is 1. The number of nitrogens with zero attached hydrogens (tertiary/aromatic N) is 3. The minimum absolute atomic E-state index is 0.00968. The molecule has 2 saturated heterocycles. The van der Waals surface area contributed by atoms with Gasteiger partial charge in [0, 0.05) is 32.7 Å². The smallest absolute Gasteiger partial charge is 0.327 e. The van der Waals surface area contributed by atoms with Crippen molar-refractivity contribution in [2.45, 2.75) is 51.6 Å². The first-order chi connectivity index (χ1) is 17.7. The SMILES string of the molecule is COc1ccc(CCN2C(=O)N(CC(C)C)C(=O)C23CCN(Cc2ccccc2CC(=O)O)CC3)cc1. The molecule has 4 rings (SSSR count). The Kier molecular flexibility index (Phi) is 8.17. The fourth-order valence-electron chi connectivity index (χ4n) is 5.50. The van der Waals surface area contributed by atoms with Crippen LogP contribution in [0.4, 0.5) is 4.79 Å². The Morgan fingerprint density at radius 1 is 1.03 bits per heavy atom. The summed E-state index contributed by atoms with van der Waals surface area (Å²) in [5, 5.41) is 9.27. The summed E-state index contributed by atoms with van der Waals surface area (Å²) < 4.78 is 5.25. The highest BCUT2D eigenvalue weighted by molar-refractivity contribution is 6.07. The number of methoxy groups -OCH3 is 1. The van der Waals surface area contributed by atoms with E-state index in [4.69, 9.17) is 4.74 Å². The lowest BCUT2D eigenvalue weighted by Gasteiger charge is -2.42. The second kappa shape index (κ2) is 11.3. The van der Waals surface area contributed by atoms with E-state index in [1.54, 1.807) is 7.11 Å². The van der Waals surface area contributed by atoms with Crippen molar-refractivity contribution in [2.75, 3.05) is 33.3 Å². The summed E-state index contributed by atoms with van der Waals surface area (Å²) in [4.78, 5) is 44.1. The van der Waals surface area contributed by atoms with Crippen molar-refractivity contribution >= 4 is 17.9 Å². The van der Waals surface area contributed by atoms with Gasteiger partial charge in [-0.05, 0) is 54.0 Å². The Morgan fingerprint density at radius 2 is 1.68 bits per heavy atom. The number of likely N-dealkylation sites (tertiary alicyclic amines) is 1. The van der Waals surface area contributed by atoms with E-state index in [0.717, 1.165) is 22.4 Å². The molecule has 0 aliphatic carbocycles. The second-order valence-corrected chi connectivity index (χ2v) is 10.5. The van der Waals surface area contributed by atoms with E-state index < -0.39 is 11.5 Å². The molecule has 0 unspecified atom stereocenters. The van der Waals surface area contributed by atoms with Crippen LogP contribution in [-0.4, -0.2) is 76.5 Å². The zero-order chi connectivity index (χ0) is 26.6. The lowest BCUT2D eigenvalue weighted by Crippen LogP contribution is -2.56. The highest BCUT2D eigenvalue weighted by Crippen LogP contribution is 2.38. The zero-order valence-electron chi connectivity index (χ0n) is 22.0. The molecule has 8 nitrogen and oxygen atoms in total. The summed E-state index contributed by atoms with van der Waals surface area (Å²) in [5.74, 6) is 0.0510. The quantitative estimate of drug-likeness (QED) is 0.492. The van der Waals surface area contributed by atoms with E-state index in [1.807, 2.05) is 67.3 Å². The van der Waals surface area contributed by atoms with Crippen molar-refractivity contribution in [3.8, 4) is 5.75 Å². The summed E-state index contributed by atoms with van der Waals surface area (Å²) in [6, 6.07) is 15.2. The molecule has 0 radical (unpaired) electrons. The maximum atomic E-state index is 13.7. The number of rotatable bonds is 10. The number of ether oxygens (including phenoxy) is 1. The predicted molar refractivity (Wildman–Crippen MR) is 140 cm³/mol. The molecule has 3 amide bonds. The van der Waals surface area contributed by atoms with Gasteiger partial charge in [0.25, 0.3) is 5.91 Å². The van der Waals surface area contributed by atoms with Crippen LogP contribution in [0.25, 0.3) is 0 Å². The molecule has 8 heteroatoms. The number of carbonyl (C=O) groups excluding carboxylic acids is 2. The first kappa shape index (κ1) is 26.7. The summed E-state index contributed by atoms with van der Waals surface area (Å²) in [5.41, 5.74) is 2.07. The van der Waals surface area contributed by atoms with E-state index in [9.17, 15) is 19.5 Å². The first-order valence-corrected chi connectivity index (χ1v) is 13.0. The number of imide groups is 1. The fourth-order valence-corrected chi connectivity index (χ4v) is 5.50. The molecule has 0 atom stereocenters. The van der Waals surface area contributed by atoms with Gasteiger partial charge in [0.1, 0.15) is 11.3 Å². The third-order valence-corrected chi connectivity index (χ3v) is 7.49. The maximum absolute atomic E-state index is 13.7. The number of urea groups is 1. The Labute approximate surface area is 218 Å². The third-order valence-electron chi connectivity index (χ3n) is 7.49. The standard InChI is InChI=1S/C29H37N3O5/c1-21(2)19-31-27(35)29(32(28(31)36)15-12-22-8-10-25(37-3)11-9-22)13-16-30(17-14-29)20-24-7-5-4-6-23(24)18-26(33)34/h4-11,21H,12-20H2,1-3H3,(H,33,34). The first-order valence-electron chi connectivity index (χ1n) is 13.0. The fraction of sp³-hybridized carbons (Fsp3) is 0.483. The Hall–Kier alpha value is -3.39. The second-order valence-electron chi connectivity index (χ2n) is 10.5. The topological polar surface area (TPSA) is 90.4 Å². The van der Waals surface area contributed by atoms with Crippen molar-refractivity contribution in [3.63, 3.8) is 0 Å². The molecule has 2 aliphatic rings. The van der Waals surface area contributed by atoms with Crippen LogP contribution in [0.2, 0.25) is 0 Å². The van der Waals surface area contributed by atoms with Crippen LogP contribution in [0.1, 0.15) is 43.4 Å². The van der Waals surface area contributed by atoms with Crippen LogP contribution in [-0.2, 0) is 29.0 Å². The molecule has 2 heterocycles. The molecule has 1 N–H and O–H groups in total. The molecule has 2 aliphatic heterocycles. The molecule has 2 aromatic rings. The van der Waals surface area contributed by atoms with Gasteiger partial charge in [0.2, 0.25) is 0 Å². The van der Waals surface area contributed by atoms with Crippen molar-refractivity contribution in [1.29, 1.82) is 0 Å². The molecule has 0 saturated carbocycles. The Morgan fingerprint density at radius 3 is 2.27 bits per heavy atom. The normalized spacial score (nSPS) is 17.7. The number of carbonyl (C=O) groups is 3. The maximum Gasteiger partial charge on any atom is 0.327 e. The van der Waals surface area contributed by atoms with Gasteiger partial charge in [0.05, 0.1) is 13.5 Å². The average molecular weight is 508 g/mol. The van der Waals surface area contributed by atoms with Gasteiger partial charge in [-0.15, -0.1) is 0 Å². The molecule has 37 heavy (non-hydrogen) atoms. The highest BCUT2D eigenvalue weighted by Gasteiger charge is 2.57. The Balaban J connectivity index is 1.50. The number of aliphatic carboxylic acids is 1. The average Bonchev–Trinajstić information content (AvgIpc) is 3.06. The van der Waals surface area contributed by atoms with Crippen molar-refractivity contribution < 1.29 is 24.2 Å². The van der Waals surface area contributed by atoms with Crippen molar-refractivity contribution in [3.05, 3.63) is 65.2 Å². The van der Waals surface area contributed by atoms with Gasteiger partial charge in [-0.1, -0.05) is 50.2 Å². The molecule has 198 valence electrons. The van der Waals surface area contributed by atoms with E-state index in [0.29, 0.717) is 52.0 Å². The number of piperidine rings is 1. The monoisotopic (exact) mass is 507 g/mol. The molecule has 2 fully saturated rings. The van der Waals surface area contributed by atoms with E-state index in [1.165, 1.54) is 4.90 Å². The van der Waals surface area contributed by atoms with Gasteiger partial charge in [0.15, 0.2) is 0 Å². The molecule has 2 aromatic carbocycles. The summed E-state index contributed by atoms with van der Waals surface area (Å²) in [7, 11) is 1.63. The lowest BCUT2D eigenvalue weighted by atomic mass is 9.85. The molecular formula is C29H37N3O5. The van der Waals surface area contributed by atoms with Gasteiger partial charge in [-0.3, -0.25) is 19.4 Å². The number of carboxylic acid groups (broad SMARTS) is 1. The minimum Gasteiger partial charge on any atom is -0.497 e. The zero-order valence-corrected chi connectivity index (χ0v) is 22.0. The van der Waals surface area contributed by atoms with Crippen molar-refractivity contribution in [2.24, 2.45) is 5.92 Å². The molecule has 1 spiro atoms. The third kappa shape index (κ3) is 5.80. The summed E-state index contributed by atoms with van der Waals surface area (Å²) in [6.45, 7) is 6.89. The summed E-state index contributed by atoms with van der Waals surface area (Å²) in [6.07, 6.45) is 1.78. The largest absolute Gasteiger partial charge is 0.497 e. The summed E-state index contributed by atoms with van der Waals surface area (Å²) >= 11 is 0. The highest BCUT2D eigenvalue weighted by atomic mass is 16.5. The number of hydrogen-bond acceptors (Lipinski definition) is 5. The van der Waals surface area contributed by atoms with Crippen LogP contribution >= 0.6 is 0 Å². The lowest BCUT2D eigenvalue weighted by molar-refractivity contribution is -0.137. The van der Waals surface area contributed by atoms with Gasteiger partial charge in [-0.2, -0.15) is 0 Å². The van der Waals surface area contributed by atoms with Crippen LogP contribution in [0.3, 0.4) is 0 Å². The van der Waals surface area contributed by atoms with E-state index in [-0.39, 0.29) is 24.3 Å². The minimum atomic E-state index is -0.849. The number of carboxylic acids is 1. The van der Waals surface area contributed by atoms with Gasteiger partial charge >= 0.3 is 12.0 Å².